The molecule has 2 N–H and O–H groups in total. The molecule has 3 unspecified atom stereocenters. The molecule has 0 amide bonds. The van der Waals surface area contributed by atoms with Crippen molar-refractivity contribution in [3.8, 4) is 0 Å². The van der Waals surface area contributed by atoms with E-state index in [2.05, 4.69) is 0 Å². The topological polar surface area (TPSA) is 26.0 Å². The van der Waals surface area contributed by atoms with E-state index in [-0.39, 0.29) is 12.5 Å². The molecule has 0 radical (unpaired) electrons. The van der Waals surface area contributed by atoms with Crippen LogP contribution in [0.15, 0.2) is 0 Å². The predicted octanol–water partition coefficient (Wildman–Crippen LogP) is 1.48. The van der Waals surface area contributed by atoms with Crippen LogP contribution in [0.5, 0.6) is 0 Å². The van der Waals surface area contributed by atoms with Crippen molar-refractivity contribution in [3.05, 3.63) is 0 Å². The van der Waals surface area contributed by atoms with Gasteiger partial charge in [0, 0.05) is 12.5 Å². The lowest BCUT2D eigenvalue weighted by atomic mass is 10.0. The second kappa shape index (κ2) is 2.82. The summed E-state index contributed by atoms with van der Waals surface area (Å²) in [5.74, 6) is 0.127. The first-order valence-corrected chi connectivity index (χ1v) is 3.65. The van der Waals surface area contributed by atoms with Gasteiger partial charge in [-0.15, -0.1) is 0 Å². The second-order valence-corrected chi connectivity index (χ2v) is 3.11. The third kappa shape index (κ3) is 1.45. The molecule has 1 nitrogen and oxygen atoms in total. The Hall–Kier alpha value is -0.180. The molecule has 1 rings (SSSR count). The first-order valence-electron chi connectivity index (χ1n) is 3.65. The van der Waals surface area contributed by atoms with Crippen molar-refractivity contribution in [1.29, 1.82) is 0 Å². The van der Waals surface area contributed by atoms with Gasteiger partial charge in [-0.3, -0.25) is 0 Å². The van der Waals surface area contributed by atoms with Crippen LogP contribution in [0.2, 0.25) is 0 Å². The average molecular weight is 149 g/mol. The highest BCUT2D eigenvalue weighted by Gasteiger charge is 2.42. The predicted molar refractivity (Wildman–Crippen MR) is 35.8 cm³/mol. The Balaban J connectivity index is 2.34. The van der Waals surface area contributed by atoms with Gasteiger partial charge in [-0.25, -0.2) is 8.78 Å². The van der Waals surface area contributed by atoms with E-state index in [1.807, 2.05) is 6.92 Å². The van der Waals surface area contributed by atoms with Crippen LogP contribution in [-0.2, 0) is 0 Å². The highest BCUT2D eigenvalue weighted by Crippen LogP contribution is 2.45. The maximum atomic E-state index is 12.1. The minimum atomic E-state index is -2.22. The SMILES string of the molecule is CC1CC1C(CN)C(F)F. The highest BCUT2D eigenvalue weighted by molar-refractivity contribution is 4.89. The van der Waals surface area contributed by atoms with Crippen LogP contribution < -0.4 is 5.73 Å². The molecule has 1 aliphatic carbocycles. The molecule has 0 bridgehead atoms. The van der Waals surface area contributed by atoms with Crippen LogP contribution in [0.3, 0.4) is 0 Å². The molecule has 1 saturated carbocycles. The Bertz CT molecular complexity index is 116. The molecule has 1 fully saturated rings. The van der Waals surface area contributed by atoms with Crippen molar-refractivity contribution < 1.29 is 8.78 Å². The number of halogens is 2. The summed E-state index contributed by atoms with van der Waals surface area (Å²) in [6.07, 6.45) is -1.29. The number of nitrogens with two attached hydrogens (primary N) is 1. The van der Waals surface area contributed by atoms with Gasteiger partial charge in [0.05, 0.1) is 0 Å². The Morgan fingerprint density at radius 2 is 2.10 bits per heavy atom. The molecule has 0 spiro atoms. The fraction of sp³-hybridized carbons (Fsp3) is 1.00. The van der Waals surface area contributed by atoms with Gasteiger partial charge in [-0.2, -0.15) is 0 Å². The van der Waals surface area contributed by atoms with Crippen LogP contribution in [0.4, 0.5) is 8.78 Å². The molecule has 0 aliphatic heterocycles. The summed E-state index contributed by atoms with van der Waals surface area (Å²) in [5.41, 5.74) is 5.20. The zero-order chi connectivity index (χ0) is 7.72. The minimum Gasteiger partial charge on any atom is -0.330 e. The lowest BCUT2D eigenvalue weighted by Gasteiger charge is -2.11. The van der Waals surface area contributed by atoms with Gasteiger partial charge >= 0.3 is 0 Å². The van der Waals surface area contributed by atoms with Crippen molar-refractivity contribution in [1.82, 2.24) is 0 Å². The van der Waals surface area contributed by atoms with Crippen molar-refractivity contribution in [3.63, 3.8) is 0 Å². The van der Waals surface area contributed by atoms with Crippen LogP contribution in [0.25, 0.3) is 0 Å². The van der Waals surface area contributed by atoms with Crippen molar-refractivity contribution in [2.24, 2.45) is 23.5 Å². The summed E-state index contributed by atoms with van der Waals surface area (Å²) < 4.78 is 24.2. The summed E-state index contributed by atoms with van der Waals surface area (Å²) in [6, 6.07) is 0. The van der Waals surface area contributed by atoms with Crippen molar-refractivity contribution in [2.75, 3.05) is 6.54 Å². The van der Waals surface area contributed by atoms with Crippen LogP contribution in [-0.4, -0.2) is 13.0 Å². The van der Waals surface area contributed by atoms with Gasteiger partial charge < -0.3 is 5.73 Å². The zero-order valence-corrected chi connectivity index (χ0v) is 6.06. The number of hydrogen-bond donors (Lipinski definition) is 1. The summed E-state index contributed by atoms with van der Waals surface area (Å²) in [4.78, 5) is 0. The molecule has 0 heterocycles. The standard InChI is InChI=1S/C7H13F2N/c1-4-2-5(4)6(3-10)7(8)9/h4-7H,2-3,10H2,1H3. The summed E-state index contributed by atoms with van der Waals surface area (Å²) >= 11 is 0. The second-order valence-electron chi connectivity index (χ2n) is 3.11. The van der Waals surface area contributed by atoms with Gasteiger partial charge in [0.1, 0.15) is 0 Å². The molecule has 60 valence electrons. The maximum absolute atomic E-state index is 12.1. The minimum absolute atomic E-state index is 0.132. The van der Waals surface area contributed by atoms with Gasteiger partial charge in [0.2, 0.25) is 6.43 Å². The Morgan fingerprint density at radius 3 is 2.20 bits per heavy atom. The normalized spacial score (nSPS) is 34.5. The molecule has 0 saturated heterocycles. The number of rotatable bonds is 3. The molecule has 3 heteroatoms. The van der Waals surface area contributed by atoms with E-state index in [1.54, 1.807) is 0 Å². The van der Waals surface area contributed by atoms with E-state index in [0.717, 1.165) is 6.42 Å². The quantitative estimate of drug-likeness (QED) is 0.646. The monoisotopic (exact) mass is 149 g/mol. The molecule has 3 atom stereocenters. The van der Waals surface area contributed by atoms with Crippen LogP contribution in [0, 0.1) is 17.8 Å². The lowest BCUT2D eigenvalue weighted by Crippen LogP contribution is -2.24. The van der Waals surface area contributed by atoms with E-state index in [9.17, 15) is 8.78 Å². The molecule has 0 aromatic carbocycles. The fourth-order valence-corrected chi connectivity index (χ4v) is 1.41. The Labute approximate surface area is 59.6 Å². The van der Waals surface area contributed by atoms with Crippen molar-refractivity contribution in [2.45, 2.75) is 19.8 Å². The third-order valence-corrected chi connectivity index (χ3v) is 2.32. The summed E-state index contributed by atoms with van der Waals surface area (Å²) in [6.45, 7) is 2.13. The van der Waals surface area contributed by atoms with Crippen LogP contribution in [0.1, 0.15) is 13.3 Å². The summed E-state index contributed by atoms with van der Waals surface area (Å²) in [5, 5.41) is 0. The van der Waals surface area contributed by atoms with E-state index < -0.39 is 12.3 Å². The first kappa shape index (κ1) is 7.92. The van der Waals surface area contributed by atoms with Gasteiger partial charge in [0.25, 0.3) is 0 Å². The molecule has 10 heavy (non-hydrogen) atoms. The van der Waals surface area contributed by atoms with Gasteiger partial charge in [-0.1, -0.05) is 6.92 Å². The van der Waals surface area contributed by atoms with Gasteiger partial charge in [-0.05, 0) is 18.3 Å². The Kier molecular flexibility index (Phi) is 2.24. The summed E-state index contributed by atoms with van der Waals surface area (Å²) in [7, 11) is 0. The molecule has 1 aliphatic rings. The highest BCUT2D eigenvalue weighted by atomic mass is 19.3. The molecular formula is C7H13F2N. The average Bonchev–Trinajstić information content (AvgIpc) is 2.48. The first-order chi connectivity index (χ1) is 4.66. The number of hydrogen-bond acceptors (Lipinski definition) is 1. The third-order valence-electron chi connectivity index (χ3n) is 2.32. The van der Waals surface area contributed by atoms with E-state index >= 15 is 0 Å². The largest absolute Gasteiger partial charge is 0.330 e. The molecular weight excluding hydrogens is 136 g/mol. The molecule has 0 aromatic heterocycles. The van der Waals surface area contributed by atoms with E-state index in [4.69, 9.17) is 5.73 Å². The number of alkyl halides is 2. The van der Waals surface area contributed by atoms with Gasteiger partial charge in [0.15, 0.2) is 0 Å². The fourth-order valence-electron chi connectivity index (χ4n) is 1.41. The van der Waals surface area contributed by atoms with E-state index in [0.29, 0.717) is 5.92 Å². The zero-order valence-electron chi connectivity index (χ0n) is 6.06. The maximum Gasteiger partial charge on any atom is 0.242 e. The van der Waals surface area contributed by atoms with E-state index in [1.165, 1.54) is 0 Å². The van der Waals surface area contributed by atoms with Crippen LogP contribution >= 0.6 is 0 Å². The lowest BCUT2D eigenvalue weighted by molar-refractivity contribution is 0.0673. The Morgan fingerprint density at radius 1 is 1.60 bits per heavy atom. The molecule has 0 aromatic rings. The smallest absolute Gasteiger partial charge is 0.242 e. The van der Waals surface area contributed by atoms with Crippen molar-refractivity contribution >= 4 is 0 Å².